The van der Waals surface area contributed by atoms with Crippen LogP contribution in [-0.4, -0.2) is 32.7 Å². The molecule has 0 fully saturated rings. The zero-order chi connectivity index (χ0) is 14.9. The Hall–Kier alpha value is -2.24. The van der Waals surface area contributed by atoms with Crippen molar-refractivity contribution < 1.29 is 4.79 Å². The molecule has 0 unspecified atom stereocenters. The van der Waals surface area contributed by atoms with E-state index in [2.05, 4.69) is 20.4 Å². The van der Waals surface area contributed by atoms with Gasteiger partial charge in [0.2, 0.25) is 5.91 Å². The van der Waals surface area contributed by atoms with Crippen LogP contribution in [0.15, 0.2) is 6.07 Å². The number of hydrogen-bond acceptors (Lipinski definition) is 4. The van der Waals surface area contributed by atoms with Gasteiger partial charge in [-0.15, -0.1) is 0 Å². The summed E-state index contributed by atoms with van der Waals surface area (Å²) in [6.07, 6.45) is 0.318. The third-order valence-electron chi connectivity index (χ3n) is 3.22. The largest absolute Gasteiger partial charge is 0.359 e. The molecule has 0 bridgehead atoms. The topological polar surface area (TPSA) is 72.7 Å². The number of hydrogen-bond donors (Lipinski definition) is 1. The lowest BCUT2D eigenvalue weighted by molar-refractivity contribution is -0.119. The molecule has 0 aromatic carbocycles. The molecule has 6 nitrogen and oxygen atoms in total. The van der Waals surface area contributed by atoms with Crippen LogP contribution in [-0.2, 0) is 11.2 Å². The highest BCUT2D eigenvalue weighted by molar-refractivity contribution is 5.78. The van der Waals surface area contributed by atoms with Gasteiger partial charge in [-0.2, -0.15) is 5.10 Å². The third kappa shape index (κ3) is 2.68. The molecule has 0 aliphatic heterocycles. The van der Waals surface area contributed by atoms with Crippen molar-refractivity contribution in [2.75, 3.05) is 7.05 Å². The minimum atomic E-state index is -0.0305. The second kappa shape index (κ2) is 5.40. The van der Waals surface area contributed by atoms with Crippen molar-refractivity contribution in [3.05, 3.63) is 34.4 Å². The standard InChI is InChI=1S/C14H19N5O/c1-8-6-9(2)17-14(16-8)19-11(4)12(10(3)18-19)7-13(20)15-5/h6H,7H2,1-5H3,(H,15,20). The van der Waals surface area contributed by atoms with Gasteiger partial charge in [0.05, 0.1) is 12.1 Å². The summed E-state index contributed by atoms with van der Waals surface area (Å²) >= 11 is 0. The van der Waals surface area contributed by atoms with Gasteiger partial charge in [-0.25, -0.2) is 14.6 Å². The fraction of sp³-hybridized carbons (Fsp3) is 0.429. The number of nitrogens with zero attached hydrogens (tertiary/aromatic N) is 4. The van der Waals surface area contributed by atoms with Crippen molar-refractivity contribution in [1.29, 1.82) is 0 Å². The number of carbonyl (C=O) groups excluding carboxylic acids is 1. The summed E-state index contributed by atoms with van der Waals surface area (Å²) in [5.74, 6) is 0.517. The van der Waals surface area contributed by atoms with E-state index in [9.17, 15) is 4.79 Å². The van der Waals surface area contributed by atoms with Crippen molar-refractivity contribution in [2.24, 2.45) is 0 Å². The fourth-order valence-electron chi connectivity index (χ4n) is 2.18. The Morgan fingerprint density at radius 3 is 2.35 bits per heavy atom. The van der Waals surface area contributed by atoms with Gasteiger partial charge in [-0.1, -0.05) is 0 Å². The SMILES string of the molecule is CNC(=O)Cc1c(C)nn(-c2nc(C)cc(C)n2)c1C. The molecule has 0 saturated heterocycles. The van der Waals surface area contributed by atoms with Crippen LogP contribution in [0.5, 0.6) is 0 Å². The minimum absolute atomic E-state index is 0.0305. The van der Waals surface area contributed by atoms with Crippen LogP contribution >= 0.6 is 0 Å². The predicted octanol–water partition coefficient (Wildman–Crippen LogP) is 1.18. The summed E-state index contributed by atoms with van der Waals surface area (Å²) < 4.78 is 1.70. The molecule has 20 heavy (non-hydrogen) atoms. The van der Waals surface area contributed by atoms with Gasteiger partial charge in [0.25, 0.3) is 5.95 Å². The summed E-state index contributed by atoms with van der Waals surface area (Å²) in [5.41, 5.74) is 4.44. The Morgan fingerprint density at radius 1 is 1.20 bits per heavy atom. The molecule has 0 aliphatic carbocycles. The molecule has 1 N–H and O–H groups in total. The number of carbonyl (C=O) groups is 1. The van der Waals surface area contributed by atoms with E-state index in [-0.39, 0.29) is 5.91 Å². The van der Waals surface area contributed by atoms with Crippen LogP contribution < -0.4 is 5.32 Å². The van der Waals surface area contributed by atoms with E-state index in [0.29, 0.717) is 12.4 Å². The van der Waals surface area contributed by atoms with E-state index in [1.807, 2.05) is 33.8 Å². The van der Waals surface area contributed by atoms with E-state index in [0.717, 1.165) is 28.3 Å². The highest BCUT2D eigenvalue weighted by Crippen LogP contribution is 2.17. The minimum Gasteiger partial charge on any atom is -0.359 e. The monoisotopic (exact) mass is 273 g/mol. The maximum Gasteiger partial charge on any atom is 0.251 e. The van der Waals surface area contributed by atoms with Gasteiger partial charge < -0.3 is 5.32 Å². The van der Waals surface area contributed by atoms with E-state index >= 15 is 0 Å². The second-order valence-electron chi connectivity index (χ2n) is 4.86. The highest BCUT2D eigenvalue weighted by atomic mass is 16.1. The fourth-order valence-corrected chi connectivity index (χ4v) is 2.18. The average molecular weight is 273 g/mol. The van der Waals surface area contributed by atoms with Crippen LogP contribution in [0.3, 0.4) is 0 Å². The molecule has 106 valence electrons. The van der Waals surface area contributed by atoms with Crippen LogP contribution in [0.2, 0.25) is 0 Å². The second-order valence-corrected chi connectivity index (χ2v) is 4.86. The summed E-state index contributed by atoms with van der Waals surface area (Å²) in [6.45, 7) is 7.67. The molecule has 6 heteroatoms. The summed E-state index contributed by atoms with van der Waals surface area (Å²) in [4.78, 5) is 20.4. The van der Waals surface area contributed by atoms with Gasteiger partial charge in [0, 0.05) is 29.7 Å². The Kier molecular flexibility index (Phi) is 3.83. The number of rotatable bonds is 3. The normalized spacial score (nSPS) is 10.7. The number of likely N-dealkylation sites (N-methyl/N-ethyl adjacent to an activating group) is 1. The molecule has 0 saturated carbocycles. The first-order valence-electron chi connectivity index (χ1n) is 6.50. The molecule has 0 atom stereocenters. The average Bonchev–Trinajstić information content (AvgIpc) is 2.65. The summed E-state index contributed by atoms with van der Waals surface area (Å²) in [7, 11) is 1.63. The van der Waals surface area contributed by atoms with E-state index < -0.39 is 0 Å². The van der Waals surface area contributed by atoms with Gasteiger partial charge in [-0.05, 0) is 33.8 Å². The molecule has 2 heterocycles. The highest BCUT2D eigenvalue weighted by Gasteiger charge is 2.16. The van der Waals surface area contributed by atoms with Gasteiger partial charge in [-0.3, -0.25) is 4.79 Å². The zero-order valence-electron chi connectivity index (χ0n) is 12.5. The Bertz CT molecular complexity index is 640. The molecule has 1 amide bonds. The van der Waals surface area contributed by atoms with Crippen LogP contribution in [0.1, 0.15) is 28.3 Å². The number of amides is 1. The quantitative estimate of drug-likeness (QED) is 0.911. The van der Waals surface area contributed by atoms with E-state index in [4.69, 9.17) is 0 Å². The van der Waals surface area contributed by atoms with Crippen molar-refractivity contribution >= 4 is 5.91 Å². The number of nitrogens with one attached hydrogen (secondary N) is 1. The molecule has 0 radical (unpaired) electrons. The Balaban J connectivity index is 2.48. The third-order valence-corrected chi connectivity index (χ3v) is 3.22. The van der Waals surface area contributed by atoms with Gasteiger partial charge >= 0.3 is 0 Å². The molecule has 0 spiro atoms. The van der Waals surface area contributed by atoms with Crippen molar-refractivity contribution in [3.8, 4) is 5.95 Å². The first kappa shape index (κ1) is 14.2. The van der Waals surface area contributed by atoms with Crippen molar-refractivity contribution in [3.63, 3.8) is 0 Å². The van der Waals surface area contributed by atoms with Crippen LogP contribution in [0, 0.1) is 27.7 Å². The lowest BCUT2D eigenvalue weighted by Crippen LogP contribution is -2.20. The number of aryl methyl sites for hydroxylation is 3. The molecule has 2 rings (SSSR count). The summed E-state index contributed by atoms with van der Waals surface area (Å²) in [6, 6.07) is 1.92. The number of aromatic nitrogens is 4. The zero-order valence-corrected chi connectivity index (χ0v) is 12.5. The lowest BCUT2D eigenvalue weighted by atomic mass is 10.1. The summed E-state index contributed by atoms with van der Waals surface area (Å²) in [5, 5.41) is 7.09. The maximum absolute atomic E-state index is 11.6. The first-order chi connectivity index (χ1) is 9.42. The van der Waals surface area contributed by atoms with Crippen LogP contribution in [0.4, 0.5) is 0 Å². The molecule has 2 aromatic heterocycles. The van der Waals surface area contributed by atoms with E-state index in [1.54, 1.807) is 11.7 Å². The molecule has 2 aromatic rings. The maximum atomic E-state index is 11.6. The lowest BCUT2D eigenvalue weighted by Gasteiger charge is -2.05. The van der Waals surface area contributed by atoms with Gasteiger partial charge in [0.15, 0.2) is 0 Å². The first-order valence-corrected chi connectivity index (χ1v) is 6.50. The molecular formula is C14H19N5O. The van der Waals surface area contributed by atoms with E-state index in [1.165, 1.54) is 0 Å². The Labute approximate surface area is 118 Å². The molecule has 0 aliphatic rings. The van der Waals surface area contributed by atoms with Crippen molar-refractivity contribution in [1.82, 2.24) is 25.1 Å². The van der Waals surface area contributed by atoms with Crippen molar-refractivity contribution in [2.45, 2.75) is 34.1 Å². The predicted molar refractivity (Wildman–Crippen MR) is 75.9 cm³/mol. The Morgan fingerprint density at radius 2 is 1.80 bits per heavy atom. The van der Waals surface area contributed by atoms with Crippen LogP contribution in [0.25, 0.3) is 5.95 Å². The molecular weight excluding hydrogens is 254 g/mol. The smallest absolute Gasteiger partial charge is 0.251 e. The van der Waals surface area contributed by atoms with Gasteiger partial charge in [0.1, 0.15) is 0 Å².